The molecule has 0 bridgehead atoms. The second-order valence-corrected chi connectivity index (χ2v) is 4.86. The molecule has 1 aromatic carbocycles. The van der Waals surface area contributed by atoms with E-state index in [1.54, 1.807) is 12.3 Å². The van der Waals surface area contributed by atoms with Crippen molar-refractivity contribution in [1.82, 2.24) is 5.32 Å². The van der Waals surface area contributed by atoms with Crippen molar-refractivity contribution in [3.8, 4) is 5.75 Å². The highest BCUT2D eigenvalue weighted by atomic mass is 79.9. The third-order valence-corrected chi connectivity index (χ3v) is 2.88. The number of furan rings is 1. The zero-order chi connectivity index (χ0) is 13.8. The van der Waals surface area contributed by atoms with Gasteiger partial charge in [-0.15, -0.1) is 0 Å². The minimum atomic E-state index is -1.01. The lowest BCUT2D eigenvalue weighted by atomic mass is 10.3. The van der Waals surface area contributed by atoms with Gasteiger partial charge >= 0.3 is 0 Å². The summed E-state index contributed by atoms with van der Waals surface area (Å²) >= 11 is 3.08. The first-order valence-electron chi connectivity index (χ1n) is 5.58. The molecule has 0 amide bonds. The summed E-state index contributed by atoms with van der Waals surface area (Å²) in [4.78, 5) is 0. The molecule has 1 aromatic heterocycles. The molecule has 0 radical (unpaired) electrons. The Morgan fingerprint density at radius 2 is 2.11 bits per heavy atom. The summed E-state index contributed by atoms with van der Waals surface area (Å²) in [6.07, 6.45) is 1.59. The molecule has 102 valence electrons. The zero-order valence-electron chi connectivity index (χ0n) is 10.2. The van der Waals surface area contributed by atoms with Gasteiger partial charge in [0.1, 0.15) is 12.4 Å². The summed E-state index contributed by atoms with van der Waals surface area (Å²) in [5.74, 6) is -1.58. The van der Waals surface area contributed by atoms with E-state index < -0.39 is 11.6 Å². The minimum Gasteiger partial charge on any atom is -0.482 e. The Balaban J connectivity index is 2.05. The smallest absolute Gasteiger partial charge is 0.200 e. The van der Waals surface area contributed by atoms with Crippen LogP contribution in [-0.2, 0) is 13.2 Å². The van der Waals surface area contributed by atoms with E-state index in [1.165, 1.54) is 6.07 Å². The molecule has 6 heteroatoms. The van der Waals surface area contributed by atoms with Gasteiger partial charge < -0.3 is 14.5 Å². The maximum absolute atomic E-state index is 13.4. The Kier molecular flexibility index (Phi) is 4.55. The van der Waals surface area contributed by atoms with Gasteiger partial charge in [-0.1, -0.05) is 15.9 Å². The van der Waals surface area contributed by atoms with Crippen LogP contribution in [0.3, 0.4) is 0 Å². The molecule has 19 heavy (non-hydrogen) atoms. The lowest BCUT2D eigenvalue weighted by Gasteiger charge is -2.06. The van der Waals surface area contributed by atoms with E-state index in [9.17, 15) is 8.78 Å². The number of ether oxygens (including phenoxy) is 1. The third-order valence-electron chi connectivity index (χ3n) is 2.42. The number of benzene rings is 1. The van der Waals surface area contributed by atoms with E-state index >= 15 is 0 Å². The van der Waals surface area contributed by atoms with Gasteiger partial charge in [0.05, 0.1) is 6.26 Å². The van der Waals surface area contributed by atoms with Crippen molar-refractivity contribution < 1.29 is 17.9 Å². The molecule has 0 atom stereocenters. The number of rotatable bonds is 5. The zero-order valence-corrected chi connectivity index (χ0v) is 11.8. The molecule has 0 aliphatic heterocycles. The molecular formula is C13H12BrF2NO2. The molecule has 2 rings (SSSR count). The molecule has 0 aliphatic carbocycles. The number of halogens is 3. The van der Waals surface area contributed by atoms with Crippen LogP contribution >= 0.6 is 15.9 Å². The average molecular weight is 332 g/mol. The van der Waals surface area contributed by atoms with Crippen molar-refractivity contribution in [1.29, 1.82) is 0 Å². The summed E-state index contributed by atoms with van der Waals surface area (Å²) in [6, 6.07) is 4.21. The standard InChI is InChI=1S/C13H12BrF2NO2/c1-17-5-8-2-10(18-6-8)7-19-12-4-9(14)3-11(15)13(12)16/h2-4,6,17H,5,7H2,1H3. The Morgan fingerprint density at radius 1 is 1.32 bits per heavy atom. The van der Waals surface area contributed by atoms with Crippen LogP contribution in [0.1, 0.15) is 11.3 Å². The maximum atomic E-state index is 13.4. The van der Waals surface area contributed by atoms with Crippen LogP contribution in [0.15, 0.2) is 33.4 Å². The van der Waals surface area contributed by atoms with Gasteiger partial charge in [0, 0.05) is 16.6 Å². The van der Waals surface area contributed by atoms with Crippen molar-refractivity contribution >= 4 is 15.9 Å². The summed E-state index contributed by atoms with van der Waals surface area (Å²) in [5, 5.41) is 2.98. The molecule has 0 fully saturated rings. The molecule has 1 heterocycles. The van der Waals surface area contributed by atoms with E-state index in [0.717, 1.165) is 11.6 Å². The first kappa shape index (κ1) is 14.0. The van der Waals surface area contributed by atoms with Gasteiger partial charge in [0.25, 0.3) is 0 Å². The van der Waals surface area contributed by atoms with Crippen molar-refractivity contribution in [3.05, 3.63) is 51.9 Å². The highest BCUT2D eigenvalue weighted by Crippen LogP contribution is 2.26. The predicted octanol–water partition coefficient (Wildman–Crippen LogP) is 3.62. The van der Waals surface area contributed by atoms with E-state index in [4.69, 9.17) is 9.15 Å². The van der Waals surface area contributed by atoms with E-state index in [2.05, 4.69) is 21.2 Å². The quantitative estimate of drug-likeness (QED) is 0.850. The monoisotopic (exact) mass is 331 g/mol. The van der Waals surface area contributed by atoms with E-state index in [-0.39, 0.29) is 12.4 Å². The van der Waals surface area contributed by atoms with Crippen LogP contribution < -0.4 is 10.1 Å². The molecule has 0 saturated heterocycles. The number of hydrogen-bond donors (Lipinski definition) is 1. The van der Waals surface area contributed by atoms with Crippen LogP contribution in [0.25, 0.3) is 0 Å². The third kappa shape index (κ3) is 3.54. The summed E-state index contributed by atoms with van der Waals surface area (Å²) in [5.41, 5.74) is 0.960. The Hall–Kier alpha value is -1.40. The first-order chi connectivity index (χ1) is 9.10. The van der Waals surface area contributed by atoms with Gasteiger partial charge in [-0.3, -0.25) is 0 Å². The second kappa shape index (κ2) is 6.16. The molecule has 1 N–H and O–H groups in total. The van der Waals surface area contributed by atoms with Crippen LogP contribution in [0.4, 0.5) is 8.78 Å². The van der Waals surface area contributed by atoms with Crippen molar-refractivity contribution in [3.63, 3.8) is 0 Å². The first-order valence-corrected chi connectivity index (χ1v) is 6.37. The molecule has 0 aliphatic rings. The summed E-state index contributed by atoms with van der Waals surface area (Å²) in [7, 11) is 1.82. The van der Waals surface area contributed by atoms with Crippen LogP contribution in [0, 0.1) is 11.6 Å². The Labute approximate surface area is 117 Å². The molecular weight excluding hydrogens is 320 g/mol. The van der Waals surface area contributed by atoms with Crippen molar-refractivity contribution in [2.45, 2.75) is 13.2 Å². The van der Waals surface area contributed by atoms with Gasteiger partial charge in [-0.2, -0.15) is 4.39 Å². The Bertz CT molecular complexity index is 572. The number of nitrogens with one attached hydrogen (secondary N) is 1. The SMILES string of the molecule is CNCc1coc(COc2cc(Br)cc(F)c2F)c1. The van der Waals surface area contributed by atoms with Gasteiger partial charge in [-0.05, 0) is 25.2 Å². The van der Waals surface area contributed by atoms with Crippen LogP contribution in [0.2, 0.25) is 0 Å². The van der Waals surface area contributed by atoms with Crippen LogP contribution in [0.5, 0.6) is 5.75 Å². The Morgan fingerprint density at radius 3 is 2.84 bits per heavy atom. The lowest BCUT2D eigenvalue weighted by molar-refractivity contribution is 0.254. The summed E-state index contributed by atoms with van der Waals surface area (Å²) in [6.45, 7) is 0.708. The van der Waals surface area contributed by atoms with Crippen molar-refractivity contribution in [2.75, 3.05) is 7.05 Å². The molecule has 3 nitrogen and oxygen atoms in total. The van der Waals surface area contributed by atoms with E-state index in [0.29, 0.717) is 16.8 Å². The van der Waals surface area contributed by atoms with Gasteiger partial charge in [-0.25, -0.2) is 4.39 Å². The predicted molar refractivity (Wildman–Crippen MR) is 69.9 cm³/mol. The topological polar surface area (TPSA) is 34.4 Å². The lowest BCUT2D eigenvalue weighted by Crippen LogP contribution is -2.03. The fourth-order valence-corrected chi connectivity index (χ4v) is 1.99. The van der Waals surface area contributed by atoms with E-state index in [1.807, 2.05) is 7.05 Å². The highest BCUT2D eigenvalue weighted by Gasteiger charge is 2.12. The molecule has 0 saturated carbocycles. The maximum Gasteiger partial charge on any atom is 0.200 e. The average Bonchev–Trinajstić information content (AvgIpc) is 2.80. The minimum absolute atomic E-state index is 0.0382. The van der Waals surface area contributed by atoms with Crippen molar-refractivity contribution in [2.24, 2.45) is 0 Å². The summed E-state index contributed by atoms with van der Waals surface area (Å²) < 4.78 is 37.5. The highest BCUT2D eigenvalue weighted by molar-refractivity contribution is 9.10. The fraction of sp³-hybridized carbons (Fsp3) is 0.231. The van der Waals surface area contributed by atoms with Gasteiger partial charge in [0.15, 0.2) is 11.6 Å². The normalized spacial score (nSPS) is 10.7. The molecule has 2 aromatic rings. The fourth-order valence-electron chi connectivity index (χ4n) is 1.58. The number of hydrogen-bond acceptors (Lipinski definition) is 3. The van der Waals surface area contributed by atoms with Gasteiger partial charge in [0.2, 0.25) is 5.82 Å². The van der Waals surface area contributed by atoms with Crippen LogP contribution in [-0.4, -0.2) is 7.05 Å². The second-order valence-electron chi connectivity index (χ2n) is 3.94. The molecule has 0 spiro atoms. The molecule has 0 unspecified atom stereocenters. The largest absolute Gasteiger partial charge is 0.482 e.